The van der Waals surface area contributed by atoms with Crippen LogP contribution in [0.1, 0.15) is 76.7 Å². The van der Waals surface area contributed by atoms with Crippen LogP contribution >= 0.6 is 0 Å². The minimum absolute atomic E-state index is 0.0790. The maximum atomic E-state index is 12.9. The van der Waals surface area contributed by atoms with Gasteiger partial charge in [-0.3, -0.25) is 14.8 Å². The summed E-state index contributed by atoms with van der Waals surface area (Å²) < 4.78 is 10.8. The number of methoxy groups -OCH3 is 2. The van der Waals surface area contributed by atoms with Gasteiger partial charge in [0.1, 0.15) is 0 Å². The number of hydrogen-bond acceptors (Lipinski definition) is 5. The first-order valence-electron chi connectivity index (χ1n) is 13.3. The van der Waals surface area contributed by atoms with E-state index in [-0.39, 0.29) is 11.4 Å². The Morgan fingerprint density at radius 1 is 0.861 bits per heavy atom. The molecular weight excluding hydrogens is 450 g/mol. The normalized spacial score (nSPS) is 16.6. The van der Waals surface area contributed by atoms with E-state index in [1.165, 1.54) is 51.4 Å². The Morgan fingerprint density at radius 2 is 1.50 bits per heavy atom. The number of nitrogens with zero attached hydrogens (tertiary/aromatic N) is 2. The van der Waals surface area contributed by atoms with Crippen molar-refractivity contribution in [1.82, 2.24) is 15.3 Å². The molecule has 2 heterocycles. The molecule has 1 aromatic carbocycles. The molecule has 3 aromatic rings. The van der Waals surface area contributed by atoms with E-state index < -0.39 is 0 Å². The van der Waals surface area contributed by atoms with Crippen LogP contribution in [-0.4, -0.2) is 35.6 Å². The van der Waals surface area contributed by atoms with Gasteiger partial charge in [-0.15, -0.1) is 0 Å². The fourth-order valence-electron chi connectivity index (χ4n) is 5.20. The van der Waals surface area contributed by atoms with Crippen molar-refractivity contribution in [1.29, 1.82) is 0 Å². The molecule has 6 nitrogen and oxygen atoms in total. The predicted octanol–water partition coefficient (Wildman–Crippen LogP) is 6.65. The first-order valence-corrected chi connectivity index (χ1v) is 13.3. The van der Waals surface area contributed by atoms with Gasteiger partial charge < -0.3 is 14.8 Å². The van der Waals surface area contributed by atoms with Crippen LogP contribution in [0.4, 0.5) is 0 Å². The highest BCUT2D eigenvalue weighted by atomic mass is 16.5. The van der Waals surface area contributed by atoms with Crippen molar-refractivity contribution in [2.45, 2.75) is 83.1 Å². The topological polar surface area (TPSA) is 73.3 Å². The van der Waals surface area contributed by atoms with Crippen LogP contribution in [0, 0.1) is 0 Å². The maximum Gasteiger partial charge on any atom is 0.224 e. The van der Waals surface area contributed by atoms with E-state index in [0.717, 1.165) is 40.6 Å². The fraction of sp³-hybridized carbons (Fsp3) is 0.500. The third kappa shape index (κ3) is 6.74. The number of aromatic nitrogens is 2. The average molecular weight is 490 g/mol. The van der Waals surface area contributed by atoms with Gasteiger partial charge in [-0.05, 0) is 43.5 Å². The van der Waals surface area contributed by atoms with Gasteiger partial charge in [0.2, 0.25) is 5.91 Å². The van der Waals surface area contributed by atoms with Gasteiger partial charge in [0, 0.05) is 34.9 Å². The number of benzene rings is 1. The van der Waals surface area contributed by atoms with Crippen LogP contribution in [0.3, 0.4) is 0 Å². The third-order valence-corrected chi connectivity index (χ3v) is 7.32. The number of pyridine rings is 2. The Morgan fingerprint density at radius 3 is 2.11 bits per heavy atom. The second-order valence-electron chi connectivity index (χ2n) is 10.3. The molecule has 0 unspecified atom stereocenters. The zero-order valence-corrected chi connectivity index (χ0v) is 21.9. The minimum Gasteiger partial charge on any atom is -0.493 e. The summed E-state index contributed by atoms with van der Waals surface area (Å²) in [6.45, 7) is 2.22. The van der Waals surface area contributed by atoms with E-state index in [1.54, 1.807) is 20.4 Å². The summed E-state index contributed by atoms with van der Waals surface area (Å²) in [6.07, 6.45) is 16.3. The molecular formula is C30H39N3O3. The van der Waals surface area contributed by atoms with Crippen LogP contribution in [0.25, 0.3) is 22.2 Å². The largest absolute Gasteiger partial charge is 0.493 e. The molecule has 192 valence electrons. The van der Waals surface area contributed by atoms with E-state index in [4.69, 9.17) is 9.47 Å². The van der Waals surface area contributed by atoms with Gasteiger partial charge in [0.25, 0.3) is 0 Å². The first kappa shape index (κ1) is 25.9. The van der Waals surface area contributed by atoms with Gasteiger partial charge >= 0.3 is 0 Å². The number of carbonyl (C=O) groups is 1. The summed E-state index contributed by atoms with van der Waals surface area (Å²) in [5.41, 5.74) is 3.36. The summed E-state index contributed by atoms with van der Waals surface area (Å²) in [7, 11) is 3.24. The number of fused-ring (bicyclic) bond motifs is 1. The summed E-state index contributed by atoms with van der Waals surface area (Å²) in [4.78, 5) is 22.2. The molecule has 1 amide bonds. The molecule has 0 aliphatic heterocycles. The summed E-state index contributed by atoms with van der Waals surface area (Å²) in [5, 5.41) is 4.32. The molecule has 0 saturated heterocycles. The zero-order chi connectivity index (χ0) is 25.4. The number of rotatable bonds is 6. The van der Waals surface area contributed by atoms with Crippen LogP contribution < -0.4 is 14.8 Å². The number of ether oxygens (including phenoxy) is 2. The maximum absolute atomic E-state index is 12.9. The lowest BCUT2D eigenvalue weighted by molar-refractivity contribution is -0.122. The van der Waals surface area contributed by atoms with E-state index in [2.05, 4.69) is 22.2 Å². The summed E-state index contributed by atoms with van der Waals surface area (Å²) in [6, 6.07) is 9.78. The van der Waals surface area contributed by atoms with Crippen molar-refractivity contribution in [3.63, 3.8) is 0 Å². The van der Waals surface area contributed by atoms with Crippen molar-refractivity contribution >= 4 is 16.8 Å². The SMILES string of the molecule is COc1cc2cc(-c3ccc(CC(=O)NC4(C)CCCCCCCCCC4)cn3)cnc2cc1OC. The Hall–Kier alpha value is -3.15. The standard InChI is InChI=1S/C30H39N3O3/c1-30(14-10-8-6-4-5-7-9-11-15-30)33-29(34)16-22-12-13-25(31-20-22)24-17-23-18-27(35-2)28(36-3)19-26(23)32-21-24/h12-13,17-21H,4-11,14-16H2,1-3H3,(H,33,34). The molecule has 1 aliphatic rings. The smallest absolute Gasteiger partial charge is 0.224 e. The number of amides is 1. The minimum atomic E-state index is -0.116. The van der Waals surface area contributed by atoms with Gasteiger partial charge in [-0.25, -0.2) is 0 Å². The van der Waals surface area contributed by atoms with E-state index in [1.807, 2.05) is 36.5 Å². The van der Waals surface area contributed by atoms with Crippen molar-refractivity contribution in [3.05, 3.63) is 48.3 Å². The second kappa shape index (κ2) is 12.2. The van der Waals surface area contributed by atoms with Gasteiger partial charge in [-0.2, -0.15) is 0 Å². The van der Waals surface area contributed by atoms with Crippen molar-refractivity contribution in [3.8, 4) is 22.8 Å². The lowest BCUT2D eigenvalue weighted by Gasteiger charge is -2.31. The van der Waals surface area contributed by atoms with Gasteiger partial charge in [0.15, 0.2) is 11.5 Å². The van der Waals surface area contributed by atoms with Gasteiger partial charge in [0.05, 0.1) is 31.9 Å². The quantitative estimate of drug-likeness (QED) is 0.420. The zero-order valence-electron chi connectivity index (χ0n) is 21.9. The molecule has 1 saturated carbocycles. The number of carbonyl (C=O) groups excluding carboxylic acids is 1. The molecule has 0 atom stereocenters. The third-order valence-electron chi connectivity index (χ3n) is 7.32. The van der Waals surface area contributed by atoms with Crippen molar-refractivity contribution < 1.29 is 14.3 Å². The van der Waals surface area contributed by atoms with Crippen LogP contribution in [-0.2, 0) is 11.2 Å². The Balaban J connectivity index is 1.41. The summed E-state index contributed by atoms with van der Waals surface area (Å²) in [5.74, 6) is 1.40. The number of nitrogens with one attached hydrogen (secondary N) is 1. The Kier molecular flexibility index (Phi) is 8.79. The van der Waals surface area contributed by atoms with Gasteiger partial charge in [-0.1, -0.05) is 57.4 Å². The molecule has 1 N–H and O–H groups in total. The molecule has 6 heteroatoms. The highest BCUT2D eigenvalue weighted by molar-refractivity contribution is 5.86. The lowest BCUT2D eigenvalue weighted by Crippen LogP contribution is -2.46. The van der Waals surface area contributed by atoms with E-state index in [9.17, 15) is 4.79 Å². The van der Waals surface area contributed by atoms with Crippen molar-refractivity contribution in [2.24, 2.45) is 0 Å². The van der Waals surface area contributed by atoms with E-state index in [0.29, 0.717) is 17.9 Å². The van der Waals surface area contributed by atoms with E-state index >= 15 is 0 Å². The molecule has 0 radical (unpaired) electrons. The molecule has 0 bridgehead atoms. The van der Waals surface area contributed by atoms with Crippen LogP contribution in [0.5, 0.6) is 11.5 Å². The monoisotopic (exact) mass is 489 g/mol. The predicted molar refractivity (Wildman–Crippen MR) is 144 cm³/mol. The highest BCUT2D eigenvalue weighted by Gasteiger charge is 2.25. The Bertz CT molecular complexity index is 1150. The average Bonchev–Trinajstić information content (AvgIpc) is 2.93. The molecule has 0 spiro atoms. The van der Waals surface area contributed by atoms with Crippen molar-refractivity contribution in [2.75, 3.05) is 14.2 Å². The lowest BCUT2D eigenvalue weighted by atomic mass is 9.88. The fourth-order valence-corrected chi connectivity index (χ4v) is 5.20. The number of hydrogen-bond donors (Lipinski definition) is 1. The van der Waals surface area contributed by atoms with Crippen LogP contribution in [0.2, 0.25) is 0 Å². The summed E-state index contributed by atoms with van der Waals surface area (Å²) >= 11 is 0. The van der Waals surface area contributed by atoms with Crippen LogP contribution in [0.15, 0.2) is 42.7 Å². The first-order chi connectivity index (χ1) is 17.5. The molecule has 36 heavy (non-hydrogen) atoms. The Labute approximate surface area is 214 Å². The highest BCUT2D eigenvalue weighted by Crippen LogP contribution is 2.33. The molecule has 1 aliphatic carbocycles. The molecule has 1 fully saturated rings. The second-order valence-corrected chi connectivity index (χ2v) is 10.3. The molecule has 2 aromatic heterocycles. The molecule has 4 rings (SSSR count).